The summed E-state index contributed by atoms with van der Waals surface area (Å²) in [6.45, 7) is 2.34. The molecule has 0 aliphatic heterocycles. The molecule has 0 spiro atoms. The Bertz CT molecular complexity index is 1880. The third-order valence-electron chi connectivity index (χ3n) is 9.74. The van der Waals surface area contributed by atoms with E-state index >= 15 is 0 Å². The van der Waals surface area contributed by atoms with Crippen molar-refractivity contribution < 1.29 is 28.1 Å². The summed E-state index contributed by atoms with van der Waals surface area (Å²) in [5, 5.41) is 40.2. The summed E-state index contributed by atoms with van der Waals surface area (Å²) < 4.78 is 40.7. The van der Waals surface area contributed by atoms with Crippen LogP contribution in [0.3, 0.4) is 0 Å². The molecule has 14 heteroatoms. The number of nitrogens with zero attached hydrogens (tertiary/aromatic N) is 4. The first kappa shape index (κ1) is 32.3. The van der Waals surface area contributed by atoms with Gasteiger partial charge in [0.1, 0.15) is 28.3 Å². The zero-order valence-corrected chi connectivity index (χ0v) is 27.7. The molecular formula is C33H39FN6O5S2. The highest BCUT2D eigenvalue weighted by Crippen LogP contribution is 2.45. The van der Waals surface area contributed by atoms with Gasteiger partial charge in [0.2, 0.25) is 5.95 Å². The van der Waals surface area contributed by atoms with Gasteiger partial charge in [-0.3, -0.25) is 4.98 Å². The number of halogens is 1. The van der Waals surface area contributed by atoms with Crippen molar-refractivity contribution in [1.82, 2.24) is 19.9 Å². The molecule has 3 heterocycles. The normalized spacial score (nSPS) is 24.2. The number of benzene rings is 1. The molecular weight excluding hydrogens is 644 g/mol. The van der Waals surface area contributed by atoms with Gasteiger partial charge in [-0.2, -0.15) is 4.98 Å². The molecule has 1 aromatic carbocycles. The van der Waals surface area contributed by atoms with E-state index in [1.54, 1.807) is 0 Å². The van der Waals surface area contributed by atoms with E-state index in [-0.39, 0.29) is 11.3 Å². The number of aliphatic hydroxyl groups excluding tert-OH is 2. The lowest BCUT2D eigenvalue weighted by atomic mass is 9.98. The Hall–Kier alpha value is -3.30. The minimum absolute atomic E-state index is 0.0421. The van der Waals surface area contributed by atoms with Gasteiger partial charge in [-0.1, -0.05) is 12.8 Å². The van der Waals surface area contributed by atoms with Crippen molar-refractivity contribution in [2.24, 2.45) is 5.92 Å². The van der Waals surface area contributed by atoms with Crippen molar-refractivity contribution in [1.29, 1.82) is 0 Å². The predicted molar refractivity (Wildman–Crippen MR) is 178 cm³/mol. The monoisotopic (exact) mass is 682 g/mol. The van der Waals surface area contributed by atoms with Crippen LogP contribution in [-0.4, -0.2) is 79.8 Å². The molecule has 11 nitrogen and oxygen atoms in total. The lowest BCUT2D eigenvalue weighted by Crippen LogP contribution is -2.36. The van der Waals surface area contributed by atoms with E-state index in [1.807, 2.05) is 19.2 Å². The average molecular weight is 683 g/mol. The summed E-state index contributed by atoms with van der Waals surface area (Å²) in [5.41, 5.74) is 2.45. The zero-order valence-electron chi connectivity index (χ0n) is 26.1. The molecule has 5 N–H and O–H groups in total. The maximum Gasteiger partial charge on any atom is 0.224 e. The number of sulfone groups is 1. The van der Waals surface area contributed by atoms with Crippen LogP contribution in [0.1, 0.15) is 68.7 Å². The van der Waals surface area contributed by atoms with Crippen LogP contribution in [0.25, 0.3) is 20.8 Å². The highest BCUT2D eigenvalue weighted by atomic mass is 32.2. The van der Waals surface area contributed by atoms with Gasteiger partial charge >= 0.3 is 0 Å². The number of pyridine rings is 1. The van der Waals surface area contributed by atoms with Crippen LogP contribution in [0.5, 0.6) is 0 Å². The molecule has 0 saturated heterocycles. The number of hydrogen-bond donors (Lipinski definition) is 5. The van der Waals surface area contributed by atoms with Gasteiger partial charge in [-0.25, -0.2) is 22.8 Å². The van der Waals surface area contributed by atoms with E-state index in [1.165, 1.54) is 23.5 Å². The number of aryl methyl sites for hydroxylation is 1. The van der Waals surface area contributed by atoms with Gasteiger partial charge < -0.3 is 26.0 Å². The molecule has 3 saturated carbocycles. The van der Waals surface area contributed by atoms with E-state index in [0.29, 0.717) is 46.9 Å². The fraction of sp³-hybridized carbons (Fsp3) is 0.515. The van der Waals surface area contributed by atoms with E-state index in [9.17, 15) is 28.1 Å². The number of aliphatic hydroxyl groups is 3. The molecule has 0 amide bonds. The van der Waals surface area contributed by atoms with Crippen LogP contribution < -0.4 is 10.6 Å². The smallest absolute Gasteiger partial charge is 0.224 e. The summed E-state index contributed by atoms with van der Waals surface area (Å²) in [5.74, 6) is -0.573. The van der Waals surface area contributed by atoms with Gasteiger partial charge in [0.25, 0.3) is 0 Å². The predicted octanol–water partition coefficient (Wildman–Crippen LogP) is 4.58. The molecule has 4 atom stereocenters. The van der Waals surface area contributed by atoms with Gasteiger partial charge in [-0.15, -0.1) is 11.3 Å². The second-order valence-corrected chi connectivity index (χ2v) is 16.3. The first-order valence-electron chi connectivity index (χ1n) is 16.2. The zero-order chi connectivity index (χ0) is 32.9. The maximum atomic E-state index is 13.4. The Balaban J connectivity index is 1.18. The number of fused-ring (bicyclic) bond motifs is 1. The molecule has 7 rings (SSSR count). The van der Waals surface area contributed by atoms with Gasteiger partial charge in [0, 0.05) is 24.6 Å². The molecule has 0 radical (unpaired) electrons. The number of anilines is 2. The SMILES string of the molecule is Cc1nc(NCCC2(O)CCCC2)nc(NC2CC(CS(=O)(=O)c3ccc(F)cc3)C(O)C2O)c1-c1nc2c(C3CC3)nccc2s1. The Labute approximate surface area is 276 Å². The van der Waals surface area contributed by atoms with Gasteiger partial charge in [0.05, 0.1) is 50.0 Å². The van der Waals surface area contributed by atoms with E-state index < -0.39 is 51.2 Å². The van der Waals surface area contributed by atoms with Crippen molar-refractivity contribution in [3.63, 3.8) is 0 Å². The first-order chi connectivity index (χ1) is 22.5. The average Bonchev–Trinajstić information content (AvgIpc) is 3.56. The third-order valence-corrected chi connectivity index (χ3v) is 12.6. The second-order valence-electron chi connectivity index (χ2n) is 13.3. The Morgan fingerprint density at radius 3 is 2.51 bits per heavy atom. The van der Waals surface area contributed by atoms with Crippen LogP contribution in [0.4, 0.5) is 16.2 Å². The number of rotatable bonds is 11. The fourth-order valence-electron chi connectivity index (χ4n) is 6.97. The number of hydrogen-bond acceptors (Lipinski definition) is 12. The Morgan fingerprint density at radius 2 is 1.79 bits per heavy atom. The number of thiazole rings is 1. The van der Waals surface area contributed by atoms with E-state index in [2.05, 4.69) is 15.6 Å². The summed E-state index contributed by atoms with van der Waals surface area (Å²) >= 11 is 1.50. The highest BCUT2D eigenvalue weighted by Gasteiger charge is 2.44. The molecule has 4 unspecified atom stereocenters. The van der Waals surface area contributed by atoms with Crippen LogP contribution >= 0.6 is 11.3 Å². The van der Waals surface area contributed by atoms with E-state index in [0.717, 1.165) is 66.6 Å². The van der Waals surface area contributed by atoms with Crippen molar-refractivity contribution in [3.8, 4) is 10.6 Å². The number of aromatic nitrogens is 4. The Morgan fingerprint density at radius 1 is 1.04 bits per heavy atom. The topological polar surface area (TPSA) is 170 Å². The summed E-state index contributed by atoms with van der Waals surface area (Å²) in [6.07, 6.45) is 5.67. The fourth-order valence-corrected chi connectivity index (χ4v) is 9.68. The summed E-state index contributed by atoms with van der Waals surface area (Å²) in [7, 11) is -3.86. The molecule has 3 fully saturated rings. The molecule has 4 aromatic rings. The van der Waals surface area contributed by atoms with Crippen LogP contribution in [0, 0.1) is 18.7 Å². The van der Waals surface area contributed by atoms with Crippen molar-refractivity contribution in [2.75, 3.05) is 22.9 Å². The first-order valence-corrected chi connectivity index (χ1v) is 18.7. The molecule has 47 heavy (non-hydrogen) atoms. The van der Waals surface area contributed by atoms with Crippen molar-refractivity contribution in [3.05, 3.63) is 53.7 Å². The number of nitrogens with one attached hydrogen (secondary N) is 2. The molecule has 3 aliphatic rings. The highest BCUT2D eigenvalue weighted by molar-refractivity contribution is 7.91. The minimum Gasteiger partial charge on any atom is -0.390 e. The second kappa shape index (κ2) is 12.6. The van der Waals surface area contributed by atoms with Crippen molar-refractivity contribution in [2.45, 2.75) is 93.0 Å². The molecule has 0 bridgehead atoms. The van der Waals surface area contributed by atoms with E-state index in [4.69, 9.17) is 15.0 Å². The third kappa shape index (κ3) is 6.71. The van der Waals surface area contributed by atoms with Crippen molar-refractivity contribution >= 4 is 43.2 Å². The van der Waals surface area contributed by atoms with Gasteiger partial charge in [0.15, 0.2) is 9.84 Å². The van der Waals surface area contributed by atoms with Crippen LogP contribution in [0.15, 0.2) is 41.4 Å². The summed E-state index contributed by atoms with van der Waals surface area (Å²) in [6, 6.07) is 5.80. The molecule has 3 aromatic heterocycles. The van der Waals surface area contributed by atoms with Gasteiger partial charge in [-0.05, 0) is 75.8 Å². The maximum absolute atomic E-state index is 13.4. The largest absolute Gasteiger partial charge is 0.390 e. The minimum atomic E-state index is -3.86. The molecule has 250 valence electrons. The lowest BCUT2D eigenvalue weighted by Gasteiger charge is -2.23. The Kier molecular flexibility index (Phi) is 8.66. The van der Waals surface area contributed by atoms with Crippen LogP contribution in [0.2, 0.25) is 0 Å². The quantitative estimate of drug-likeness (QED) is 0.140. The lowest BCUT2D eigenvalue weighted by molar-refractivity contribution is 0.0216. The standard InChI is InChI=1S/C33H39FN6O5S2/c1-18-25(31-39-27-24(46-31)10-14-35-26(27)19-4-5-19)30(40-32(37-18)36-15-13-33(43)11-2-3-12-33)38-23-16-20(28(41)29(23)42)17-47(44,45)22-8-6-21(34)7-9-22/h6-10,14,19-20,23,28-29,41-43H,2-5,11-13,15-17H2,1H3,(H2,36,37,38,40). The molecule has 3 aliphatic carbocycles. The van der Waals surface area contributed by atoms with Crippen LogP contribution in [-0.2, 0) is 9.84 Å². The summed E-state index contributed by atoms with van der Waals surface area (Å²) in [4.78, 5) is 19.1.